The Morgan fingerprint density at radius 2 is 2.29 bits per heavy atom. The number of amides is 1. The number of anilines is 1. The molecule has 0 spiro atoms. The zero-order chi connectivity index (χ0) is 12.8. The highest BCUT2D eigenvalue weighted by atomic mass is 79.9. The molecule has 0 unspecified atom stereocenters. The summed E-state index contributed by atoms with van der Waals surface area (Å²) in [4.78, 5) is 17.5. The number of pyridine rings is 1. The normalized spacial score (nSPS) is 10.4. The maximum atomic E-state index is 11.7. The highest BCUT2D eigenvalue weighted by molar-refractivity contribution is 9.10. The van der Waals surface area contributed by atoms with Crippen molar-refractivity contribution in [2.24, 2.45) is 5.92 Å². The van der Waals surface area contributed by atoms with Gasteiger partial charge in [0.1, 0.15) is 0 Å². The molecule has 1 heterocycles. The van der Waals surface area contributed by atoms with E-state index in [1.165, 1.54) is 0 Å². The molecule has 1 aromatic heterocycles. The summed E-state index contributed by atoms with van der Waals surface area (Å²) in [6.07, 6.45) is 3.43. The Hall–Kier alpha value is -1.10. The molecular weight excluding hydrogens is 282 g/mol. The number of carbonyl (C=O) groups excluding carboxylic acids is 1. The first-order valence-corrected chi connectivity index (χ1v) is 6.37. The molecule has 0 aromatic carbocycles. The largest absolute Gasteiger partial charge is 0.364 e. The number of aromatic nitrogens is 1. The summed E-state index contributed by atoms with van der Waals surface area (Å²) >= 11 is 3.41. The van der Waals surface area contributed by atoms with E-state index in [2.05, 4.69) is 40.1 Å². The summed E-state index contributed by atoms with van der Waals surface area (Å²) in [7, 11) is 1.88. The predicted octanol–water partition coefficient (Wildman–Crippen LogP) is 2.05. The first kappa shape index (κ1) is 14.0. The number of likely N-dealkylation sites (N-methyl/N-ethyl adjacent to an activating group) is 1. The van der Waals surface area contributed by atoms with Crippen molar-refractivity contribution in [3.8, 4) is 0 Å². The van der Waals surface area contributed by atoms with Crippen LogP contribution in [0.1, 0.15) is 13.8 Å². The molecule has 1 N–H and O–H groups in total. The van der Waals surface area contributed by atoms with Crippen molar-refractivity contribution in [3.63, 3.8) is 0 Å². The topological polar surface area (TPSA) is 45.2 Å². The Morgan fingerprint density at radius 3 is 2.88 bits per heavy atom. The second-order valence-electron chi connectivity index (χ2n) is 4.38. The molecule has 0 aliphatic rings. The lowest BCUT2D eigenvalue weighted by atomic mass is 10.2. The summed E-state index contributed by atoms with van der Waals surface area (Å²) < 4.78 is 0.888. The molecule has 4 nitrogen and oxygen atoms in total. The van der Waals surface area contributed by atoms with Gasteiger partial charge < -0.3 is 10.2 Å². The van der Waals surface area contributed by atoms with Crippen LogP contribution in [0.3, 0.4) is 0 Å². The van der Waals surface area contributed by atoms with Gasteiger partial charge in [0.05, 0.1) is 16.7 Å². The third-order valence-corrected chi connectivity index (χ3v) is 2.86. The number of carbonyl (C=O) groups is 1. The molecule has 0 bridgehead atoms. The number of rotatable bonds is 5. The molecule has 0 aliphatic carbocycles. The van der Waals surface area contributed by atoms with E-state index in [1.54, 1.807) is 12.4 Å². The molecule has 1 amide bonds. The second kappa shape index (κ2) is 6.59. The third kappa shape index (κ3) is 4.73. The monoisotopic (exact) mass is 299 g/mol. The summed E-state index contributed by atoms with van der Waals surface area (Å²) in [5.41, 5.74) is 0.958. The Balaban J connectivity index is 2.52. The standard InChI is InChI=1S/C12H18BrN3O/c1-9(2)6-15-12(17)8-16(3)11-4-5-14-7-10(11)13/h4-5,7,9H,6,8H2,1-3H3,(H,15,17). The van der Waals surface area contributed by atoms with Crippen LogP contribution in [-0.4, -0.2) is 31.0 Å². The minimum atomic E-state index is 0.0323. The van der Waals surface area contributed by atoms with Crippen molar-refractivity contribution < 1.29 is 4.79 Å². The summed E-state index contributed by atoms with van der Waals surface area (Å²) in [5.74, 6) is 0.502. The van der Waals surface area contributed by atoms with Crippen LogP contribution in [0.5, 0.6) is 0 Å². The minimum Gasteiger partial charge on any atom is -0.364 e. The van der Waals surface area contributed by atoms with E-state index in [9.17, 15) is 4.79 Å². The number of halogens is 1. The van der Waals surface area contributed by atoms with Gasteiger partial charge in [-0.1, -0.05) is 13.8 Å². The van der Waals surface area contributed by atoms with Gasteiger partial charge in [-0.25, -0.2) is 0 Å². The lowest BCUT2D eigenvalue weighted by molar-refractivity contribution is -0.119. The van der Waals surface area contributed by atoms with Gasteiger partial charge in [-0.3, -0.25) is 9.78 Å². The molecule has 0 saturated heterocycles. The Kier molecular flexibility index (Phi) is 5.41. The van der Waals surface area contributed by atoms with Gasteiger partial charge in [0, 0.05) is 26.0 Å². The highest BCUT2D eigenvalue weighted by Gasteiger charge is 2.10. The van der Waals surface area contributed by atoms with Crippen LogP contribution in [0.4, 0.5) is 5.69 Å². The van der Waals surface area contributed by atoms with Crippen molar-refractivity contribution in [1.82, 2.24) is 10.3 Å². The fourth-order valence-electron chi connectivity index (χ4n) is 1.35. The minimum absolute atomic E-state index is 0.0323. The molecule has 0 radical (unpaired) electrons. The molecule has 94 valence electrons. The lowest BCUT2D eigenvalue weighted by Gasteiger charge is -2.20. The first-order chi connectivity index (χ1) is 8.00. The Morgan fingerprint density at radius 1 is 1.59 bits per heavy atom. The molecule has 0 atom stereocenters. The van der Waals surface area contributed by atoms with E-state index in [4.69, 9.17) is 0 Å². The van der Waals surface area contributed by atoms with Gasteiger partial charge in [0.15, 0.2) is 0 Å². The number of nitrogens with one attached hydrogen (secondary N) is 1. The van der Waals surface area contributed by atoms with Gasteiger partial charge in [-0.2, -0.15) is 0 Å². The first-order valence-electron chi connectivity index (χ1n) is 5.58. The zero-order valence-corrected chi connectivity index (χ0v) is 12.0. The molecule has 17 heavy (non-hydrogen) atoms. The summed E-state index contributed by atoms with van der Waals surface area (Å²) in [6.45, 7) is 5.20. The molecule has 0 fully saturated rings. The number of hydrogen-bond acceptors (Lipinski definition) is 3. The van der Waals surface area contributed by atoms with Crippen LogP contribution < -0.4 is 10.2 Å². The van der Waals surface area contributed by atoms with Crippen LogP contribution in [0, 0.1) is 5.92 Å². The van der Waals surface area contributed by atoms with Crippen LogP contribution >= 0.6 is 15.9 Å². The number of nitrogens with zero attached hydrogens (tertiary/aromatic N) is 2. The van der Waals surface area contributed by atoms with Crippen molar-refractivity contribution in [1.29, 1.82) is 0 Å². The van der Waals surface area contributed by atoms with E-state index in [0.717, 1.165) is 10.2 Å². The van der Waals surface area contributed by atoms with E-state index in [-0.39, 0.29) is 5.91 Å². The van der Waals surface area contributed by atoms with Gasteiger partial charge in [0.2, 0.25) is 5.91 Å². The summed E-state index contributed by atoms with van der Waals surface area (Å²) in [6, 6.07) is 1.87. The fourth-order valence-corrected chi connectivity index (χ4v) is 1.90. The highest BCUT2D eigenvalue weighted by Crippen LogP contribution is 2.23. The predicted molar refractivity (Wildman–Crippen MR) is 73.1 cm³/mol. The van der Waals surface area contributed by atoms with Crippen LogP contribution in [0.25, 0.3) is 0 Å². The smallest absolute Gasteiger partial charge is 0.239 e. The van der Waals surface area contributed by atoms with Gasteiger partial charge >= 0.3 is 0 Å². The maximum absolute atomic E-state index is 11.7. The lowest BCUT2D eigenvalue weighted by Crippen LogP contribution is -2.36. The van der Waals surface area contributed by atoms with E-state index >= 15 is 0 Å². The molecule has 1 aromatic rings. The summed E-state index contributed by atoms with van der Waals surface area (Å²) in [5, 5.41) is 2.89. The Labute approximate surface area is 111 Å². The van der Waals surface area contributed by atoms with E-state index in [0.29, 0.717) is 19.0 Å². The van der Waals surface area contributed by atoms with E-state index in [1.807, 2.05) is 18.0 Å². The van der Waals surface area contributed by atoms with Crippen LogP contribution in [0.2, 0.25) is 0 Å². The quantitative estimate of drug-likeness (QED) is 0.905. The van der Waals surface area contributed by atoms with Crippen molar-refractivity contribution in [2.45, 2.75) is 13.8 Å². The molecule has 0 aliphatic heterocycles. The van der Waals surface area contributed by atoms with Gasteiger partial charge in [-0.05, 0) is 27.9 Å². The number of hydrogen-bond donors (Lipinski definition) is 1. The average molecular weight is 300 g/mol. The van der Waals surface area contributed by atoms with Crippen molar-refractivity contribution in [3.05, 3.63) is 22.9 Å². The third-order valence-electron chi connectivity index (χ3n) is 2.25. The Bertz CT molecular complexity index is 382. The molecule has 0 saturated carbocycles. The molecule has 1 rings (SSSR count). The van der Waals surface area contributed by atoms with E-state index < -0.39 is 0 Å². The SMILES string of the molecule is CC(C)CNC(=O)CN(C)c1ccncc1Br. The zero-order valence-electron chi connectivity index (χ0n) is 10.4. The van der Waals surface area contributed by atoms with Gasteiger partial charge in [-0.15, -0.1) is 0 Å². The molecular formula is C12H18BrN3O. The second-order valence-corrected chi connectivity index (χ2v) is 5.24. The van der Waals surface area contributed by atoms with Crippen molar-refractivity contribution in [2.75, 3.05) is 25.0 Å². The fraction of sp³-hybridized carbons (Fsp3) is 0.500. The van der Waals surface area contributed by atoms with Crippen LogP contribution in [-0.2, 0) is 4.79 Å². The molecule has 5 heteroatoms. The van der Waals surface area contributed by atoms with Crippen LogP contribution in [0.15, 0.2) is 22.9 Å². The van der Waals surface area contributed by atoms with Crippen molar-refractivity contribution >= 4 is 27.5 Å². The maximum Gasteiger partial charge on any atom is 0.239 e. The average Bonchev–Trinajstić information content (AvgIpc) is 2.26. The van der Waals surface area contributed by atoms with Gasteiger partial charge in [0.25, 0.3) is 0 Å².